The van der Waals surface area contributed by atoms with Crippen molar-refractivity contribution in [1.29, 1.82) is 0 Å². The molecule has 0 aromatic heterocycles. The van der Waals surface area contributed by atoms with Gasteiger partial charge in [0.15, 0.2) is 11.5 Å². The van der Waals surface area contributed by atoms with Crippen molar-refractivity contribution in [3.8, 4) is 11.5 Å². The lowest BCUT2D eigenvalue weighted by atomic mass is 10.2. The minimum Gasteiger partial charge on any atom is -0.595 e. The van der Waals surface area contributed by atoms with Crippen LogP contribution in [0.2, 0.25) is 0 Å². The summed E-state index contributed by atoms with van der Waals surface area (Å²) in [4.78, 5) is 21.4. The maximum Gasteiger partial charge on any atom is 0.302 e. The van der Waals surface area contributed by atoms with E-state index in [0.29, 0.717) is 0 Å². The Bertz CT molecular complexity index is 571. The van der Waals surface area contributed by atoms with Crippen LogP contribution in [0.3, 0.4) is 0 Å². The van der Waals surface area contributed by atoms with Gasteiger partial charge in [-0.3, -0.25) is 9.59 Å². The first-order valence-electron chi connectivity index (χ1n) is 7.39. The van der Waals surface area contributed by atoms with Crippen molar-refractivity contribution in [3.63, 3.8) is 0 Å². The van der Waals surface area contributed by atoms with Gasteiger partial charge in [-0.05, 0) is 0 Å². The van der Waals surface area contributed by atoms with Crippen LogP contribution in [0.5, 0.6) is 11.5 Å². The molecule has 146 valence electrons. The third-order valence-electron chi connectivity index (χ3n) is 2.84. The third kappa shape index (κ3) is 7.18. The van der Waals surface area contributed by atoms with E-state index in [1.165, 1.54) is 13.8 Å². The zero-order chi connectivity index (χ0) is 19.7. The standard InChI is InChI=1S/C14H20N2O10/c1-9(17)23-3-5-25-13-8-14(26-6-4-24-10(2)18)12(16(21)22)7-11(13)15(19)20/h7-8,15-16,19,21H,3-6H2,1-2H3. The van der Waals surface area contributed by atoms with Crippen LogP contribution in [0, 0.1) is 10.4 Å². The number of esters is 2. The molecule has 1 rings (SSSR count). The average Bonchev–Trinajstić information content (AvgIpc) is 2.54. The van der Waals surface area contributed by atoms with Crippen LogP contribution in [-0.4, -0.2) is 48.8 Å². The number of quaternary nitrogens is 2. The van der Waals surface area contributed by atoms with Gasteiger partial charge in [-0.2, -0.15) is 10.5 Å². The fourth-order valence-electron chi connectivity index (χ4n) is 1.81. The second-order valence-electron chi connectivity index (χ2n) is 4.83. The first-order chi connectivity index (χ1) is 12.2. The average molecular weight is 376 g/mol. The van der Waals surface area contributed by atoms with E-state index in [1.807, 2.05) is 0 Å². The lowest BCUT2D eigenvalue weighted by Gasteiger charge is -2.21. The fourth-order valence-corrected chi connectivity index (χ4v) is 1.81. The Balaban J connectivity index is 2.96. The molecule has 2 atom stereocenters. The van der Waals surface area contributed by atoms with Gasteiger partial charge in [-0.25, -0.2) is 10.4 Å². The minimum atomic E-state index is -1.40. The van der Waals surface area contributed by atoms with Gasteiger partial charge >= 0.3 is 11.9 Å². The van der Waals surface area contributed by atoms with Gasteiger partial charge in [0.2, 0.25) is 11.4 Å². The topological polar surface area (TPSA) is 167 Å². The highest BCUT2D eigenvalue weighted by Gasteiger charge is 2.21. The molecule has 0 saturated carbocycles. The summed E-state index contributed by atoms with van der Waals surface area (Å²) in [5.74, 6) is -1.36. The number of benzene rings is 1. The summed E-state index contributed by atoms with van der Waals surface area (Å²) in [6.07, 6.45) is 0. The van der Waals surface area contributed by atoms with Crippen molar-refractivity contribution in [2.75, 3.05) is 26.4 Å². The van der Waals surface area contributed by atoms with Crippen LogP contribution in [0.25, 0.3) is 0 Å². The maximum atomic E-state index is 11.3. The molecule has 2 unspecified atom stereocenters. The summed E-state index contributed by atoms with van der Waals surface area (Å²) in [6, 6.07) is 2.00. The van der Waals surface area contributed by atoms with E-state index in [4.69, 9.17) is 9.47 Å². The molecule has 12 nitrogen and oxygen atoms in total. The molecule has 1 aromatic rings. The van der Waals surface area contributed by atoms with E-state index < -0.39 is 33.8 Å². The Labute approximate surface area is 148 Å². The molecule has 1 aromatic carbocycles. The Morgan fingerprint density at radius 1 is 0.846 bits per heavy atom. The summed E-state index contributed by atoms with van der Waals surface area (Å²) in [5, 5.41) is 38.3. The first-order valence-corrected chi connectivity index (χ1v) is 7.39. The normalized spacial score (nSPS) is 12.8. The van der Waals surface area contributed by atoms with Gasteiger partial charge in [0.1, 0.15) is 26.4 Å². The van der Waals surface area contributed by atoms with E-state index in [0.717, 1.165) is 12.1 Å². The molecular weight excluding hydrogens is 356 g/mol. The lowest BCUT2D eigenvalue weighted by Crippen LogP contribution is -3.00. The minimum absolute atomic E-state index is 0.113. The zero-order valence-corrected chi connectivity index (χ0v) is 14.1. The highest BCUT2D eigenvalue weighted by molar-refractivity contribution is 5.66. The number of carbonyl (C=O) groups excluding carboxylic acids is 2. The number of ether oxygens (including phenoxy) is 4. The predicted octanol–water partition coefficient (Wildman–Crippen LogP) is -1.62. The molecule has 0 spiro atoms. The number of nitrogens with one attached hydrogen (secondary N) is 2. The highest BCUT2D eigenvalue weighted by Crippen LogP contribution is 2.32. The van der Waals surface area contributed by atoms with E-state index in [1.54, 1.807) is 0 Å². The largest absolute Gasteiger partial charge is 0.595 e. The van der Waals surface area contributed by atoms with Crippen molar-refractivity contribution in [1.82, 2.24) is 0 Å². The second kappa shape index (κ2) is 10.5. The molecule has 0 saturated heterocycles. The Morgan fingerprint density at radius 3 is 1.54 bits per heavy atom. The van der Waals surface area contributed by atoms with Gasteiger partial charge in [-0.1, -0.05) is 0 Å². The van der Waals surface area contributed by atoms with Gasteiger partial charge in [-0.15, -0.1) is 0 Å². The summed E-state index contributed by atoms with van der Waals surface area (Å²) >= 11 is 0. The quantitative estimate of drug-likeness (QED) is 0.212. The van der Waals surface area contributed by atoms with Gasteiger partial charge in [0.05, 0.1) is 6.07 Å². The molecule has 0 bridgehead atoms. The molecule has 4 N–H and O–H groups in total. The van der Waals surface area contributed by atoms with Crippen molar-refractivity contribution in [2.45, 2.75) is 13.8 Å². The highest BCUT2D eigenvalue weighted by atomic mass is 16.8. The molecule has 26 heavy (non-hydrogen) atoms. The Hall–Kier alpha value is -2.48. The van der Waals surface area contributed by atoms with Crippen molar-refractivity contribution < 1.29 is 49.4 Å². The van der Waals surface area contributed by atoms with Crippen LogP contribution in [0.15, 0.2) is 12.1 Å². The molecule has 0 aliphatic carbocycles. The second-order valence-corrected chi connectivity index (χ2v) is 4.83. The van der Waals surface area contributed by atoms with Crippen molar-refractivity contribution in [2.24, 2.45) is 0 Å². The van der Waals surface area contributed by atoms with Crippen LogP contribution in [0.4, 0.5) is 11.4 Å². The summed E-state index contributed by atoms with van der Waals surface area (Å²) in [7, 11) is 0. The van der Waals surface area contributed by atoms with E-state index >= 15 is 0 Å². The number of hydrogen-bond donors (Lipinski definition) is 4. The SMILES string of the molecule is CC(=O)OCCOc1cc(OCCOC(C)=O)c([NH+]([O-])O)cc1[NH+]([O-])O. The monoisotopic (exact) mass is 376 g/mol. The van der Waals surface area contributed by atoms with Crippen molar-refractivity contribution >= 4 is 23.3 Å². The lowest BCUT2D eigenvalue weighted by molar-refractivity contribution is -0.996. The molecular formula is C14H20N2O10. The van der Waals surface area contributed by atoms with Crippen LogP contribution in [-0.2, 0) is 19.1 Å². The summed E-state index contributed by atoms with van der Waals surface area (Å²) in [6.45, 7) is 1.91. The maximum absolute atomic E-state index is 11.3. The van der Waals surface area contributed by atoms with E-state index in [-0.39, 0.29) is 37.9 Å². The number of rotatable bonds is 10. The Kier molecular flexibility index (Phi) is 8.71. The third-order valence-corrected chi connectivity index (χ3v) is 2.84. The van der Waals surface area contributed by atoms with Crippen LogP contribution in [0.1, 0.15) is 13.8 Å². The summed E-state index contributed by atoms with van der Waals surface area (Å²) < 4.78 is 19.9. The molecule has 0 fully saturated rings. The Morgan fingerprint density at radius 2 is 1.23 bits per heavy atom. The summed E-state index contributed by atoms with van der Waals surface area (Å²) in [5.41, 5.74) is -0.782. The van der Waals surface area contributed by atoms with Crippen LogP contribution < -0.4 is 19.9 Å². The molecule has 0 amide bonds. The van der Waals surface area contributed by atoms with E-state index in [2.05, 4.69) is 9.47 Å². The van der Waals surface area contributed by atoms with Gasteiger partial charge < -0.3 is 29.4 Å². The van der Waals surface area contributed by atoms with Gasteiger partial charge in [0.25, 0.3) is 0 Å². The molecule has 0 heterocycles. The molecule has 0 radical (unpaired) electrons. The molecule has 0 aliphatic rings. The van der Waals surface area contributed by atoms with E-state index in [9.17, 15) is 30.4 Å². The fraction of sp³-hybridized carbons (Fsp3) is 0.429. The van der Waals surface area contributed by atoms with Crippen LogP contribution >= 0.6 is 0 Å². The predicted molar refractivity (Wildman–Crippen MR) is 82.3 cm³/mol. The number of carbonyl (C=O) groups is 2. The number of hydrogen-bond acceptors (Lipinski definition) is 10. The first kappa shape index (κ1) is 21.6. The molecule has 12 heteroatoms. The molecule has 0 aliphatic heterocycles. The van der Waals surface area contributed by atoms with Crippen molar-refractivity contribution in [3.05, 3.63) is 22.5 Å². The smallest absolute Gasteiger partial charge is 0.302 e. The van der Waals surface area contributed by atoms with Gasteiger partial charge in [0, 0.05) is 19.9 Å². The zero-order valence-electron chi connectivity index (χ0n) is 14.1.